The number of hydrogen-bond acceptors (Lipinski definition) is 4. The van der Waals surface area contributed by atoms with Gasteiger partial charge in [0.2, 0.25) is 5.91 Å². The first kappa shape index (κ1) is 31.0. The molecule has 5 nitrogen and oxygen atoms in total. The van der Waals surface area contributed by atoms with E-state index in [0.29, 0.717) is 15.8 Å². The summed E-state index contributed by atoms with van der Waals surface area (Å²) in [6.07, 6.45) is 3.15. The lowest BCUT2D eigenvalue weighted by Gasteiger charge is -2.49. The maximum Gasteiger partial charge on any atom is 0.248 e. The molecule has 0 aliphatic heterocycles. The van der Waals surface area contributed by atoms with Gasteiger partial charge in [-0.2, -0.15) is 0 Å². The van der Waals surface area contributed by atoms with Crippen molar-refractivity contribution in [1.82, 2.24) is 5.32 Å². The molecular weight excluding hydrogens is 455 g/mol. The van der Waals surface area contributed by atoms with Crippen LogP contribution >= 0.6 is 0 Å². The monoisotopic (exact) mass is 505 g/mol. The predicted molar refractivity (Wildman–Crippen MR) is 146 cm³/mol. The second kappa shape index (κ2) is 11.9. The van der Waals surface area contributed by atoms with Crippen LogP contribution in [0.4, 0.5) is 0 Å². The Kier molecular flexibility index (Phi) is 11.9. The standard InChI is InChI=1S/C22H51NO4Si4/c1-13-18(6,7)29-25-21(12,26-30-19(8,9)14-2)22(28,23-17(24)16(4)5)27-31-20(10,11)15-3/h4,13-15,29-31H2,1-3,5-12,28H3,(H,23,24). The van der Waals surface area contributed by atoms with E-state index in [1.165, 1.54) is 0 Å². The number of carbonyl (C=O) groups is 1. The molecule has 0 radical (unpaired) electrons. The van der Waals surface area contributed by atoms with E-state index in [0.717, 1.165) is 19.3 Å². The van der Waals surface area contributed by atoms with Crippen LogP contribution in [0.1, 0.15) is 95.4 Å². The molecule has 1 amide bonds. The van der Waals surface area contributed by atoms with Crippen LogP contribution in [0, 0.1) is 0 Å². The molecule has 0 aliphatic rings. The van der Waals surface area contributed by atoms with E-state index in [1.54, 1.807) is 6.92 Å². The molecule has 0 fully saturated rings. The highest BCUT2D eigenvalue weighted by molar-refractivity contribution is 6.35. The van der Waals surface area contributed by atoms with E-state index in [4.69, 9.17) is 13.3 Å². The summed E-state index contributed by atoms with van der Waals surface area (Å²) in [5.41, 5.74) is 0.472. The Balaban J connectivity index is 6.17. The van der Waals surface area contributed by atoms with Gasteiger partial charge in [-0.1, -0.05) is 88.2 Å². The maximum atomic E-state index is 12.8. The van der Waals surface area contributed by atoms with Gasteiger partial charge in [0.05, 0.1) is 10.2 Å². The summed E-state index contributed by atoms with van der Waals surface area (Å²) in [4.78, 5) is 12.8. The summed E-state index contributed by atoms with van der Waals surface area (Å²) in [6.45, 7) is 27.7. The maximum absolute atomic E-state index is 12.8. The Hall–Kier alpha value is -0.0425. The van der Waals surface area contributed by atoms with Crippen molar-refractivity contribution in [2.75, 3.05) is 0 Å². The molecule has 0 spiro atoms. The minimum Gasteiger partial charge on any atom is -0.401 e. The summed E-state index contributed by atoms with van der Waals surface area (Å²) in [6, 6.07) is 0. The molecule has 0 aromatic carbocycles. The summed E-state index contributed by atoms with van der Waals surface area (Å²) >= 11 is 0. The second-order valence-electron chi connectivity index (χ2n) is 11.6. The molecule has 184 valence electrons. The van der Waals surface area contributed by atoms with Gasteiger partial charge in [0.1, 0.15) is 0 Å². The van der Waals surface area contributed by atoms with Crippen molar-refractivity contribution in [2.24, 2.45) is 0 Å². The van der Waals surface area contributed by atoms with Crippen molar-refractivity contribution in [3.05, 3.63) is 12.2 Å². The van der Waals surface area contributed by atoms with Gasteiger partial charge in [0, 0.05) is 5.57 Å². The van der Waals surface area contributed by atoms with Crippen LogP contribution in [0.3, 0.4) is 0 Å². The Labute approximate surface area is 202 Å². The van der Waals surface area contributed by atoms with E-state index >= 15 is 0 Å². The molecule has 0 rings (SSSR count). The van der Waals surface area contributed by atoms with E-state index in [2.05, 4.69) is 74.2 Å². The molecule has 0 aromatic rings. The van der Waals surface area contributed by atoms with Crippen LogP contribution in [0.15, 0.2) is 12.2 Å². The van der Waals surface area contributed by atoms with Crippen LogP contribution in [0.25, 0.3) is 0 Å². The normalized spacial score (nSPS) is 18.3. The lowest BCUT2D eigenvalue weighted by molar-refractivity contribution is -0.200. The quantitative estimate of drug-likeness (QED) is 0.211. The van der Waals surface area contributed by atoms with Gasteiger partial charge in [0.25, 0.3) is 0 Å². The molecular formula is C22H51NO4Si4. The number of hydrogen-bond donors (Lipinski definition) is 1. The van der Waals surface area contributed by atoms with Crippen molar-refractivity contribution >= 4 is 45.4 Å². The Bertz CT molecular complexity index is 590. The van der Waals surface area contributed by atoms with Gasteiger partial charge in [0.15, 0.2) is 40.4 Å². The minimum absolute atomic E-state index is 0.130. The average molecular weight is 506 g/mol. The van der Waals surface area contributed by atoms with E-state index in [9.17, 15) is 4.79 Å². The van der Waals surface area contributed by atoms with Crippen LogP contribution < -0.4 is 5.32 Å². The topological polar surface area (TPSA) is 56.8 Å². The first-order chi connectivity index (χ1) is 13.9. The lowest BCUT2D eigenvalue weighted by Crippen LogP contribution is -2.69. The lowest BCUT2D eigenvalue weighted by atomic mass is 10.1. The summed E-state index contributed by atoms with van der Waals surface area (Å²) in [7, 11) is -2.30. The minimum atomic E-state index is -0.974. The molecule has 9 heteroatoms. The average Bonchev–Trinajstić information content (AvgIpc) is 2.69. The molecule has 0 heterocycles. The molecule has 1 unspecified atom stereocenters. The number of amides is 1. The van der Waals surface area contributed by atoms with Crippen molar-refractivity contribution in [3.8, 4) is 0 Å². The molecule has 0 bridgehead atoms. The third kappa shape index (κ3) is 10.2. The fourth-order valence-electron chi connectivity index (χ4n) is 2.23. The number of nitrogens with one attached hydrogen (secondary N) is 1. The van der Waals surface area contributed by atoms with Crippen LogP contribution in [0.2, 0.25) is 15.1 Å². The van der Waals surface area contributed by atoms with Gasteiger partial charge >= 0.3 is 0 Å². The summed E-state index contributed by atoms with van der Waals surface area (Å²) in [5.74, 6) is -1.16. The zero-order valence-corrected chi connectivity index (χ0v) is 28.8. The fourth-order valence-corrected chi connectivity index (χ4v) is 7.60. The zero-order chi connectivity index (χ0) is 24.7. The van der Waals surface area contributed by atoms with Gasteiger partial charge in [-0.05, 0) is 29.0 Å². The fraction of sp³-hybridized carbons (Fsp3) is 0.864. The van der Waals surface area contributed by atoms with Crippen molar-refractivity contribution < 1.29 is 18.1 Å². The Morgan fingerprint density at radius 1 is 0.806 bits per heavy atom. The van der Waals surface area contributed by atoms with E-state index < -0.39 is 40.4 Å². The van der Waals surface area contributed by atoms with E-state index in [-0.39, 0.29) is 21.0 Å². The summed E-state index contributed by atoms with van der Waals surface area (Å²) < 4.78 is 20.1. The highest BCUT2D eigenvalue weighted by Crippen LogP contribution is 2.37. The van der Waals surface area contributed by atoms with Crippen molar-refractivity contribution in [3.63, 3.8) is 0 Å². The number of carbonyl (C=O) groups excluding carboxylic acids is 1. The van der Waals surface area contributed by atoms with Crippen LogP contribution in [-0.2, 0) is 18.1 Å². The highest BCUT2D eigenvalue weighted by atomic mass is 28.2. The van der Waals surface area contributed by atoms with Crippen molar-refractivity contribution in [1.29, 1.82) is 0 Å². The smallest absolute Gasteiger partial charge is 0.248 e. The molecule has 1 N–H and O–H groups in total. The third-order valence-electron chi connectivity index (χ3n) is 6.71. The van der Waals surface area contributed by atoms with Gasteiger partial charge in [-0.15, -0.1) is 0 Å². The molecule has 31 heavy (non-hydrogen) atoms. The molecule has 0 saturated carbocycles. The SMILES string of the molecule is C=C(C)C(=O)NC([SiH3])(O[SiH2]C(C)(C)CC)C(C)(O[SiH2]C(C)(C)CC)O[SiH2]C(C)(C)CC. The first-order valence-corrected chi connectivity index (χ1v) is 16.6. The van der Waals surface area contributed by atoms with Gasteiger partial charge < -0.3 is 18.6 Å². The number of rotatable bonds is 15. The summed E-state index contributed by atoms with van der Waals surface area (Å²) in [5, 5.41) is 2.66. The highest BCUT2D eigenvalue weighted by Gasteiger charge is 2.50. The predicted octanol–water partition coefficient (Wildman–Crippen LogP) is 2.54. The molecule has 0 saturated heterocycles. The Morgan fingerprint density at radius 3 is 1.42 bits per heavy atom. The Morgan fingerprint density at radius 2 is 1.13 bits per heavy atom. The van der Waals surface area contributed by atoms with E-state index in [1.807, 2.05) is 6.92 Å². The molecule has 1 atom stereocenters. The third-order valence-corrected chi connectivity index (χ3v) is 14.7. The first-order valence-electron chi connectivity index (χ1n) is 11.8. The molecule has 0 aromatic heterocycles. The zero-order valence-electron chi connectivity index (χ0n) is 22.6. The van der Waals surface area contributed by atoms with Gasteiger partial charge in [-0.3, -0.25) is 4.79 Å². The van der Waals surface area contributed by atoms with Crippen LogP contribution in [0.5, 0.6) is 0 Å². The van der Waals surface area contributed by atoms with Crippen LogP contribution in [-0.4, -0.2) is 56.6 Å². The largest absolute Gasteiger partial charge is 0.401 e. The molecule has 0 aliphatic carbocycles. The second-order valence-corrected chi connectivity index (χ2v) is 20.5. The van der Waals surface area contributed by atoms with Gasteiger partial charge in [-0.25, -0.2) is 0 Å². The van der Waals surface area contributed by atoms with Crippen molar-refractivity contribution in [2.45, 2.75) is 122 Å².